The Labute approximate surface area is 197 Å². The molecule has 3 aliphatic rings. The summed E-state index contributed by atoms with van der Waals surface area (Å²) in [6.07, 6.45) is 4.61. The van der Waals surface area contributed by atoms with E-state index in [1.807, 2.05) is 0 Å². The molecule has 9 nitrogen and oxygen atoms in total. The molecule has 3 fully saturated rings. The molecule has 3 aliphatic heterocycles. The van der Waals surface area contributed by atoms with Crippen LogP contribution in [0.2, 0.25) is 0 Å². The minimum absolute atomic E-state index is 0.107. The summed E-state index contributed by atoms with van der Waals surface area (Å²) in [6, 6.07) is 6.51. The molecule has 4 rings (SSSR count). The van der Waals surface area contributed by atoms with Gasteiger partial charge in [0.1, 0.15) is 0 Å². The first kappa shape index (κ1) is 24.6. The zero-order chi connectivity index (χ0) is 23.5. The number of hydrogen-bond donors (Lipinski definition) is 1. The van der Waals surface area contributed by atoms with E-state index >= 15 is 0 Å². The third-order valence-corrected chi connectivity index (χ3v) is 10.5. The fraction of sp³-hybridized carbons (Fsp3) is 0.682. The Balaban J connectivity index is 1.25. The van der Waals surface area contributed by atoms with Crippen LogP contribution in [0, 0.1) is 0 Å². The summed E-state index contributed by atoms with van der Waals surface area (Å²) >= 11 is 0. The van der Waals surface area contributed by atoms with Gasteiger partial charge in [-0.3, -0.25) is 14.6 Å². The van der Waals surface area contributed by atoms with E-state index in [0.717, 1.165) is 51.9 Å². The highest BCUT2D eigenvalue weighted by Gasteiger charge is 2.34. The lowest BCUT2D eigenvalue weighted by molar-refractivity contribution is -0.117. The number of piperazine rings is 1. The second-order valence-electron chi connectivity index (χ2n) is 9.26. The maximum absolute atomic E-state index is 12.9. The molecule has 0 unspecified atom stereocenters. The normalized spacial score (nSPS) is 25.5. The quantitative estimate of drug-likeness (QED) is 0.623. The average Bonchev–Trinajstić information content (AvgIpc) is 2.97. The van der Waals surface area contributed by atoms with Gasteiger partial charge in [0.05, 0.1) is 22.9 Å². The van der Waals surface area contributed by atoms with Gasteiger partial charge in [-0.25, -0.2) is 16.8 Å². The molecule has 1 amide bonds. The number of hydrogen-bond acceptors (Lipinski definition) is 7. The van der Waals surface area contributed by atoms with Gasteiger partial charge in [0, 0.05) is 51.0 Å². The maximum Gasteiger partial charge on any atom is 0.243 e. The van der Waals surface area contributed by atoms with Crippen LogP contribution in [-0.4, -0.2) is 100 Å². The molecule has 0 aromatic heterocycles. The molecule has 184 valence electrons. The molecule has 11 heteroatoms. The SMILES string of the molecule is O=C(CN1CCN([C@H]2CCS(=O)(=O)C2)CC1)Nc1ccc(S(=O)(=O)N2CCCCCC2)cc1. The molecular formula is C22H34N4O5S2. The number of carbonyl (C=O) groups excluding carboxylic acids is 1. The predicted octanol–water partition coefficient (Wildman–Crippen LogP) is 0.995. The lowest BCUT2D eigenvalue weighted by Crippen LogP contribution is -2.52. The number of nitrogens with one attached hydrogen (secondary N) is 1. The Hall–Kier alpha value is -1.53. The molecule has 1 aromatic carbocycles. The second-order valence-corrected chi connectivity index (χ2v) is 13.4. The molecular weight excluding hydrogens is 464 g/mol. The number of rotatable bonds is 6. The van der Waals surface area contributed by atoms with Crippen molar-refractivity contribution >= 4 is 31.5 Å². The van der Waals surface area contributed by atoms with E-state index in [9.17, 15) is 21.6 Å². The van der Waals surface area contributed by atoms with Gasteiger partial charge in [0.15, 0.2) is 9.84 Å². The van der Waals surface area contributed by atoms with Crippen LogP contribution >= 0.6 is 0 Å². The van der Waals surface area contributed by atoms with E-state index in [1.54, 1.807) is 28.6 Å². The summed E-state index contributed by atoms with van der Waals surface area (Å²) in [7, 11) is -6.40. The van der Waals surface area contributed by atoms with E-state index < -0.39 is 19.9 Å². The second kappa shape index (κ2) is 10.4. The van der Waals surface area contributed by atoms with E-state index in [-0.39, 0.29) is 34.9 Å². The van der Waals surface area contributed by atoms with Crippen LogP contribution in [0.25, 0.3) is 0 Å². The van der Waals surface area contributed by atoms with Crippen LogP contribution in [0.1, 0.15) is 32.1 Å². The van der Waals surface area contributed by atoms with E-state index in [1.165, 1.54) is 0 Å². The maximum atomic E-state index is 12.9. The van der Waals surface area contributed by atoms with E-state index in [0.29, 0.717) is 25.2 Å². The highest BCUT2D eigenvalue weighted by molar-refractivity contribution is 7.91. The number of anilines is 1. The highest BCUT2D eigenvalue weighted by atomic mass is 32.2. The van der Waals surface area contributed by atoms with Crippen molar-refractivity contribution in [2.24, 2.45) is 0 Å². The zero-order valence-electron chi connectivity index (χ0n) is 19.0. The molecule has 0 aliphatic carbocycles. The summed E-state index contributed by atoms with van der Waals surface area (Å²) in [6.45, 7) is 4.33. The highest BCUT2D eigenvalue weighted by Crippen LogP contribution is 2.22. The van der Waals surface area contributed by atoms with E-state index in [2.05, 4.69) is 15.1 Å². The van der Waals surface area contributed by atoms with Gasteiger partial charge < -0.3 is 5.32 Å². The van der Waals surface area contributed by atoms with Crippen LogP contribution in [0.5, 0.6) is 0 Å². The number of benzene rings is 1. The summed E-state index contributed by atoms with van der Waals surface area (Å²) in [5.41, 5.74) is 0.574. The van der Waals surface area contributed by atoms with Gasteiger partial charge in [0.25, 0.3) is 0 Å². The van der Waals surface area contributed by atoms with Crippen LogP contribution in [0.15, 0.2) is 29.2 Å². The zero-order valence-corrected chi connectivity index (χ0v) is 20.6. The average molecular weight is 499 g/mol. The van der Waals surface area contributed by atoms with Crippen molar-refractivity contribution in [1.29, 1.82) is 0 Å². The summed E-state index contributed by atoms with van der Waals surface area (Å²) in [5.74, 6) is 0.380. The number of amides is 1. The van der Waals surface area contributed by atoms with Gasteiger partial charge >= 0.3 is 0 Å². The largest absolute Gasteiger partial charge is 0.325 e. The summed E-state index contributed by atoms with van der Waals surface area (Å²) in [4.78, 5) is 17.0. The Morgan fingerprint density at radius 3 is 2.15 bits per heavy atom. The van der Waals surface area contributed by atoms with Gasteiger partial charge in [0.2, 0.25) is 15.9 Å². The van der Waals surface area contributed by atoms with Crippen molar-refractivity contribution in [2.75, 3.05) is 62.6 Å². The Bertz CT molecular complexity index is 1030. The standard InChI is InChI=1S/C22H34N4O5S2/c27-22(17-24-12-14-25(15-13-24)20-9-16-32(28,29)18-20)23-19-5-7-21(8-6-19)33(30,31)26-10-3-1-2-4-11-26/h5-8,20H,1-4,9-18H2,(H,23,27)/t20-/m0/s1. The van der Waals surface area contributed by atoms with Gasteiger partial charge in [-0.2, -0.15) is 4.31 Å². The molecule has 3 saturated heterocycles. The van der Waals surface area contributed by atoms with Crippen LogP contribution < -0.4 is 5.32 Å². The third kappa shape index (κ3) is 6.33. The van der Waals surface area contributed by atoms with Crippen LogP contribution in [0.3, 0.4) is 0 Å². The molecule has 33 heavy (non-hydrogen) atoms. The number of nitrogens with zero attached hydrogens (tertiary/aromatic N) is 3. The lowest BCUT2D eigenvalue weighted by atomic mass is 10.2. The molecule has 0 spiro atoms. The molecule has 3 heterocycles. The van der Waals surface area contributed by atoms with Crippen molar-refractivity contribution in [3.05, 3.63) is 24.3 Å². The Morgan fingerprint density at radius 2 is 1.58 bits per heavy atom. The van der Waals surface area contributed by atoms with Crippen molar-refractivity contribution in [3.63, 3.8) is 0 Å². The molecule has 1 atom stereocenters. The predicted molar refractivity (Wildman–Crippen MR) is 127 cm³/mol. The first-order valence-electron chi connectivity index (χ1n) is 11.8. The Morgan fingerprint density at radius 1 is 0.939 bits per heavy atom. The molecule has 0 bridgehead atoms. The number of sulfonamides is 1. The fourth-order valence-corrected chi connectivity index (χ4v) is 8.17. The molecule has 1 N–H and O–H groups in total. The van der Waals surface area contributed by atoms with Gasteiger partial charge in [-0.1, -0.05) is 12.8 Å². The van der Waals surface area contributed by atoms with Crippen molar-refractivity contribution in [3.8, 4) is 0 Å². The molecule has 1 aromatic rings. The topological polar surface area (TPSA) is 107 Å². The first-order chi connectivity index (χ1) is 15.7. The smallest absolute Gasteiger partial charge is 0.243 e. The first-order valence-corrected chi connectivity index (χ1v) is 15.1. The number of sulfone groups is 1. The minimum Gasteiger partial charge on any atom is -0.325 e. The van der Waals surface area contributed by atoms with Gasteiger partial charge in [-0.05, 0) is 43.5 Å². The fourth-order valence-electron chi connectivity index (χ4n) is 4.89. The van der Waals surface area contributed by atoms with Crippen molar-refractivity contribution < 1.29 is 21.6 Å². The summed E-state index contributed by atoms with van der Waals surface area (Å²) < 4.78 is 50.8. The molecule has 0 saturated carbocycles. The summed E-state index contributed by atoms with van der Waals surface area (Å²) in [5, 5.41) is 2.85. The minimum atomic E-state index is -3.50. The Kier molecular flexibility index (Phi) is 7.74. The monoisotopic (exact) mass is 498 g/mol. The van der Waals surface area contributed by atoms with Crippen LogP contribution in [-0.2, 0) is 24.7 Å². The van der Waals surface area contributed by atoms with E-state index in [4.69, 9.17) is 0 Å². The van der Waals surface area contributed by atoms with Crippen molar-refractivity contribution in [1.82, 2.24) is 14.1 Å². The number of carbonyl (C=O) groups is 1. The van der Waals surface area contributed by atoms with Gasteiger partial charge in [-0.15, -0.1) is 0 Å². The molecule has 0 radical (unpaired) electrons. The lowest BCUT2D eigenvalue weighted by Gasteiger charge is -2.37. The van der Waals surface area contributed by atoms with Crippen molar-refractivity contribution in [2.45, 2.75) is 43.0 Å². The third-order valence-electron chi connectivity index (χ3n) is 6.84. The van der Waals surface area contributed by atoms with Crippen LogP contribution in [0.4, 0.5) is 5.69 Å².